The Bertz CT molecular complexity index is 721. The summed E-state index contributed by atoms with van der Waals surface area (Å²) in [5, 5.41) is 9.22. The molecule has 0 saturated heterocycles. The van der Waals surface area contributed by atoms with Gasteiger partial charge in [0, 0.05) is 38.6 Å². The zero-order valence-electron chi connectivity index (χ0n) is 15.1. The molecule has 0 aliphatic heterocycles. The van der Waals surface area contributed by atoms with Gasteiger partial charge in [0.1, 0.15) is 11.6 Å². The summed E-state index contributed by atoms with van der Waals surface area (Å²) in [6, 6.07) is 3.63. The number of rotatable bonds is 7. The second kappa shape index (κ2) is 11.3. The quantitative estimate of drug-likeness (QED) is 0.352. The molecule has 5 nitrogen and oxygen atoms in total. The molecular formula is C17H24F2IN5S. The Morgan fingerprint density at radius 3 is 2.65 bits per heavy atom. The molecule has 2 rings (SSSR count). The maximum Gasteiger partial charge on any atom is 0.191 e. The molecular weight excluding hydrogens is 471 g/mol. The average Bonchev–Trinajstić information content (AvgIpc) is 3.04. The van der Waals surface area contributed by atoms with Gasteiger partial charge in [-0.3, -0.25) is 0 Å². The highest BCUT2D eigenvalue weighted by Gasteiger charge is 2.06. The van der Waals surface area contributed by atoms with Crippen LogP contribution in [0.4, 0.5) is 13.9 Å². The Morgan fingerprint density at radius 2 is 2.04 bits per heavy atom. The van der Waals surface area contributed by atoms with E-state index in [-0.39, 0.29) is 24.0 Å². The zero-order chi connectivity index (χ0) is 18.2. The Hall–Kier alpha value is -1.49. The zero-order valence-corrected chi connectivity index (χ0v) is 18.2. The first-order valence-electron chi connectivity index (χ1n) is 8.07. The molecule has 0 spiro atoms. The fourth-order valence-corrected chi connectivity index (χ4v) is 2.87. The van der Waals surface area contributed by atoms with E-state index in [1.165, 1.54) is 12.1 Å². The lowest BCUT2D eigenvalue weighted by molar-refractivity contribution is 0.570. The molecule has 2 aromatic rings. The molecule has 9 heteroatoms. The molecule has 0 amide bonds. The predicted molar refractivity (Wildman–Crippen MR) is 115 cm³/mol. The van der Waals surface area contributed by atoms with E-state index in [1.807, 2.05) is 31.3 Å². The van der Waals surface area contributed by atoms with E-state index in [9.17, 15) is 8.78 Å². The van der Waals surface area contributed by atoms with Gasteiger partial charge >= 0.3 is 0 Å². The molecule has 0 fully saturated rings. The van der Waals surface area contributed by atoms with Crippen molar-refractivity contribution in [2.45, 2.75) is 19.9 Å². The van der Waals surface area contributed by atoms with Gasteiger partial charge in [-0.2, -0.15) is 0 Å². The molecule has 1 heterocycles. The monoisotopic (exact) mass is 495 g/mol. The molecule has 26 heavy (non-hydrogen) atoms. The highest BCUT2D eigenvalue weighted by Crippen LogP contribution is 2.18. The third-order valence-electron chi connectivity index (χ3n) is 3.37. The number of thiazole rings is 1. The van der Waals surface area contributed by atoms with Gasteiger partial charge in [-0.05, 0) is 25.0 Å². The summed E-state index contributed by atoms with van der Waals surface area (Å²) in [5.74, 6) is -0.448. The number of nitrogens with one attached hydrogen (secondary N) is 2. The minimum Gasteiger partial charge on any atom is -0.357 e. The van der Waals surface area contributed by atoms with Crippen LogP contribution in [0, 0.1) is 11.6 Å². The Kier molecular flexibility index (Phi) is 9.78. The van der Waals surface area contributed by atoms with Crippen molar-refractivity contribution in [1.29, 1.82) is 0 Å². The van der Waals surface area contributed by atoms with E-state index in [0.717, 1.165) is 23.4 Å². The second-order valence-electron chi connectivity index (χ2n) is 5.62. The van der Waals surface area contributed by atoms with E-state index >= 15 is 0 Å². The van der Waals surface area contributed by atoms with Gasteiger partial charge in [0.25, 0.3) is 0 Å². The van der Waals surface area contributed by atoms with E-state index in [0.29, 0.717) is 31.0 Å². The van der Waals surface area contributed by atoms with E-state index < -0.39 is 11.6 Å². The average molecular weight is 495 g/mol. The van der Waals surface area contributed by atoms with Crippen molar-refractivity contribution in [1.82, 2.24) is 15.6 Å². The topological polar surface area (TPSA) is 52.6 Å². The van der Waals surface area contributed by atoms with Crippen molar-refractivity contribution in [3.05, 3.63) is 46.5 Å². The first-order valence-corrected chi connectivity index (χ1v) is 8.95. The first-order chi connectivity index (χ1) is 12.0. The first kappa shape index (κ1) is 22.6. The second-order valence-corrected chi connectivity index (χ2v) is 6.46. The van der Waals surface area contributed by atoms with Gasteiger partial charge < -0.3 is 15.5 Å². The molecule has 0 atom stereocenters. The summed E-state index contributed by atoms with van der Waals surface area (Å²) in [4.78, 5) is 10.9. The van der Waals surface area contributed by atoms with Gasteiger partial charge in [0.05, 0.1) is 12.2 Å². The van der Waals surface area contributed by atoms with Crippen LogP contribution in [-0.2, 0) is 13.0 Å². The molecule has 0 bridgehead atoms. The number of hydrogen-bond acceptors (Lipinski definition) is 4. The van der Waals surface area contributed by atoms with Crippen LogP contribution in [0.3, 0.4) is 0 Å². The third-order valence-corrected chi connectivity index (χ3v) is 4.42. The number of aromatic nitrogens is 1. The molecule has 144 valence electrons. The maximum atomic E-state index is 13.6. The number of anilines is 1. The lowest BCUT2D eigenvalue weighted by atomic mass is 10.1. The summed E-state index contributed by atoms with van der Waals surface area (Å²) in [5.41, 5.74) is 1.37. The van der Waals surface area contributed by atoms with Gasteiger partial charge in [-0.15, -0.1) is 35.3 Å². The van der Waals surface area contributed by atoms with Crippen LogP contribution in [0.2, 0.25) is 0 Å². The molecule has 1 aromatic heterocycles. The number of nitrogens with zero attached hydrogens (tertiary/aromatic N) is 3. The minimum absolute atomic E-state index is 0. The van der Waals surface area contributed by atoms with Crippen LogP contribution >= 0.6 is 35.3 Å². The van der Waals surface area contributed by atoms with Crippen molar-refractivity contribution in [2.75, 3.05) is 32.1 Å². The van der Waals surface area contributed by atoms with Gasteiger partial charge in [-0.25, -0.2) is 18.8 Å². The van der Waals surface area contributed by atoms with E-state index in [2.05, 4.69) is 20.6 Å². The maximum absolute atomic E-state index is 13.6. The van der Waals surface area contributed by atoms with Crippen LogP contribution in [-0.4, -0.2) is 38.1 Å². The highest BCUT2D eigenvalue weighted by atomic mass is 127. The largest absolute Gasteiger partial charge is 0.357 e. The standard InChI is InChI=1S/C17H23F2N5S.HI/c1-4-20-16(22-10-14-11-25-17(23-14)24(2)3)21-8-7-12-5-6-13(18)9-15(12)19;/h5-6,9,11H,4,7-8,10H2,1-3H3,(H2,20,21,22);1H. The molecule has 0 aliphatic rings. The van der Waals surface area contributed by atoms with Crippen molar-refractivity contribution in [3.8, 4) is 0 Å². The van der Waals surface area contributed by atoms with Crippen molar-refractivity contribution < 1.29 is 8.78 Å². The Labute approximate surface area is 173 Å². The normalized spacial score (nSPS) is 11.0. The van der Waals surface area contributed by atoms with E-state index in [1.54, 1.807) is 11.3 Å². The van der Waals surface area contributed by atoms with Gasteiger partial charge in [0.15, 0.2) is 11.1 Å². The minimum atomic E-state index is -0.565. The number of benzene rings is 1. The Morgan fingerprint density at radius 1 is 1.27 bits per heavy atom. The molecule has 0 radical (unpaired) electrons. The summed E-state index contributed by atoms with van der Waals surface area (Å²) >= 11 is 1.57. The number of aliphatic imine (C=N–C) groups is 1. The molecule has 0 unspecified atom stereocenters. The summed E-state index contributed by atoms with van der Waals surface area (Å²) in [7, 11) is 3.90. The summed E-state index contributed by atoms with van der Waals surface area (Å²) < 4.78 is 26.6. The van der Waals surface area contributed by atoms with Crippen LogP contribution < -0.4 is 15.5 Å². The molecule has 1 aromatic carbocycles. The van der Waals surface area contributed by atoms with Gasteiger partial charge in [-0.1, -0.05) is 6.07 Å². The van der Waals surface area contributed by atoms with Crippen molar-refractivity contribution in [3.63, 3.8) is 0 Å². The number of halogens is 3. The van der Waals surface area contributed by atoms with Crippen molar-refractivity contribution >= 4 is 46.4 Å². The van der Waals surface area contributed by atoms with Gasteiger partial charge in [0.2, 0.25) is 0 Å². The van der Waals surface area contributed by atoms with Crippen molar-refractivity contribution in [2.24, 2.45) is 4.99 Å². The molecule has 0 saturated carbocycles. The van der Waals surface area contributed by atoms with Crippen LogP contribution in [0.15, 0.2) is 28.6 Å². The third kappa shape index (κ3) is 7.02. The molecule has 0 aliphatic carbocycles. The molecule has 2 N–H and O–H groups in total. The lowest BCUT2D eigenvalue weighted by Crippen LogP contribution is -2.38. The van der Waals surface area contributed by atoms with Crippen LogP contribution in [0.25, 0.3) is 0 Å². The smallest absolute Gasteiger partial charge is 0.191 e. The van der Waals surface area contributed by atoms with Crippen LogP contribution in [0.1, 0.15) is 18.2 Å². The highest BCUT2D eigenvalue weighted by molar-refractivity contribution is 14.0. The number of hydrogen-bond donors (Lipinski definition) is 2. The summed E-state index contributed by atoms with van der Waals surface area (Å²) in [6.07, 6.45) is 0.442. The Balaban J connectivity index is 0.00000338. The lowest BCUT2D eigenvalue weighted by Gasteiger charge is -2.11. The van der Waals surface area contributed by atoms with E-state index in [4.69, 9.17) is 0 Å². The fourth-order valence-electron chi connectivity index (χ4n) is 2.12. The number of guanidine groups is 1. The SMILES string of the molecule is CCNC(=NCc1csc(N(C)C)n1)NCCc1ccc(F)cc1F.I. The van der Waals surface area contributed by atoms with Crippen LogP contribution in [0.5, 0.6) is 0 Å². The predicted octanol–water partition coefficient (Wildman–Crippen LogP) is 3.40. The fraction of sp³-hybridized carbons (Fsp3) is 0.412. The summed E-state index contributed by atoms with van der Waals surface area (Å²) in [6.45, 7) is 3.65.